The molecule has 3 unspecified atom stereocenters. The fourth-order valence-electron chi connectivity index (χ4n) is 2.63. The normalized spacial score (nSPS) is 22.2. The van der Waals surface area contributed by atoms with Crippen molar-refractivity contribution in [2.24, 2.45) is 4.99 Å². The minimum atomic E-state index is -0.119. The maximum absolute atomic E-state index is 13.8. The summed E-state index contributed by atoms with van der Waals surface area (Å²) in [5, 5.41) is 8.84. The molecule has 1 aliphatic carbocycles. The summed E-state index contributed by atoms with van der Waals surface area (Å²) in [6.07, 6.45) is 0.940. The first-order valence-electron chi connectivity index (χ1n) is 7.46. The van der Waals surface area contributed by atoms with Crippen LogP contribution in [0.1, 0.15) is 35.7 Å². The summed E-state index contributed by atoms with van der Waals surface area (Å²) in [6.45, 7) is 2.11. The highest BCUT2D eigenvalue weighted by Gasteiger charge is 2.40. The summed E-state index contributed by atoms with van der Waals surface area (Å²) in [7, 11) is 1.76. The third-order valence-corrected chi connectivity index (χ3v) is 5.02. The van der Waals surface area contributed by atoms with Crippen LogP contribution in [0.3, 0.4) is 0 Å². The zero-order valence-corrected chi connectivity index (χ0v) is 13.5. The number of hydrogen-bond acceptors (Lipinski definition) is 2. The molecule has 2 aromatic rings. The van der Waals surface area contributed by atoms with E-state index >= 15 is 0 Å². The van der Waals surface area contributed by atoms with Crippen LogP contribution >= 0.6 is 11.3 Å². The highest BCUT2D eigenvalue weighted by atomic mass is 32.1. The Kier molecular flexibility index (Phi) is 4.43. The summed E-state index contributed by atoms with van der Waals surface area (Å²) in [5.41, 5.74) is 0.793. The molecule has 0 amide bonds. The second-order valence-electron chi connectivity index (χ2n) is 5.57. The summed E-state index contributed by atoms with van der Waals surface area (Å²) in [4.78, 5) is 5.54. The van der Waals surface area contributed by atoms with E-state index in [4.69, 9.17) is 0 Å². The summed E-state index contributed by atoms with van der Waals surface area (Å²) in [5.74, 6) is 0.883. The van der Waals surface area contributed by atoms with Crippen molar-refractivity contribution in [3.8, 4) is 0 Å². The van der Waals surface area contributed by atoms with E-state index in [1.165, 1.54) is 10.9 Å². The molecule has 0 bridgehead atoms. The molecule has 2 N–H and O–H groups in total. The van der Waals surface area contributed by atoms with Gasteiger partial charge in [0.05, 0.1) is 6.04 Å². The van der Waals surface area contributed by atoms with Gasteiger partial charge < -0.3 is 10.6 Å². The van der Waals surface area contributed by atoms with Crippen LogP contribution in [0.25, 0.3) is 0 Å². The highest BCUT2D eigenvalue weighted by Crippen LogP contribution is 2.41. The topological polar surface area (TPSA) is 36.4 Å². The number of nitrogens with one attached hydrogen (secondary N) is 2. The molecule has 0 radical (unpaired) electrons. The molecule has 3 atom stereocenters. The Labute approximate surface area is 134 Å². The van der Waals surface area contributed by atoms with Gasteiger partial charge in [-0.1, -0.05) is 24.3 Å². The smallest absolute Gasteiger partial charge is 0.191 e. The SMILES string of the molecule is CN=C(NC(C)c1cccs1)NC1CC1c1ccccc1F. The Hall–Kier alpha value is -1.88. The fourth-order valence-corrected chi connectivity index (χ4v) is 3.37. The molecule has 1 fully saturated rings. The number of thiophene rings is 1. The number of nitrogens with zero attached hydrogens (tertiary/aromatic N) is 1. The van der Waals surface area contributed by atoms with Crippen molar-refractivity contribution in [3.63, 3.8) is 0 Å². The molecule has 1 aromatic heterocycles. The van der Waals surface area contributed by atoms with Crippen LogP contribution in [0.5, 0.6) is 0 Å². The Morgan fingerprint density at radius 3 is 2.82 bits per heavy atom. The maximum Gasteiger partial charge on any atom is 0.191 e. The van der Waals surface area contributed by atoms with E-state index in [-0.39, 0.29) is 23.8 Å². The van der Waals surface area contributed by atoms with Gasteiger partial charge in [-0.15, -0.1) is 11.3 Å². The minimum absolute atomic E-state index is 0.119. The first-order chi connectivity index (χ1) is 10.7. The second kappa shape index (κ2) is 6.48. The molecule has 1 aliphatic rings. The van der Waals surface area contributed by atoms with Crippen molar-refractivity contribution in [2.45, 2.75) is 31.3 Å². The standard InChI is InChI=1S/C17H20FN3S/c1-11(16-8-5-9-22-16)20-17(19-2)21-15-10-13(15)12-6-3-4-7-14(12)18/h3-9,11,13,15H,10H2,1-2H3,(H2,19,20,21). The molecule has 0 saturated heterocycles. The van der Waals surface area contributed by atoms with Crippen LogP contribution in [0.15, 0.2) is 46.8 Å². The van der Waals surface area contributed by atoms with Gasteiger partial charge >= 0.3 is 0 Å². The highest BCUT2D eigenvalue weighted by molar-refractivity contribution is 7.10. The average molecular weight is 317 g/mol. The molecule has 1 saturated carbocycles. The first-order valence-corrected chi connectivity index (χ1v) is 8.34. The van der Waals surface area contributed by atoms with E-state index in [0.717, 1.165) is 17.9 Å². The third-order valence-electron chi connectivity index (χ3n) is 3.96. The van der Waals surface area contributed by atoms with Crippen LogP contribution in [0.2, 0.25) is 0 Å². The van der Waals surface area contributed by atoms with Crippen molar-refractivity contribution in [1.82, 2.24) is 10.6 Å². The van der Waals surface area contributed by atoms with Gasteiger partial charge in [0, 0.05) is 23.9 Å². The molecule has 1 aromatic carbocycles. The number of benzene rings is 1. The van der Waals surface area contributed by atoms with Crippen LogP contribution < -0.4 is 10.6 Å². The van der Waals surface area contributed by atoms with Crippen molar-refractivity contribution < 1.29 is 4.39 Å². The first kappa shape index (κ1) is 15.0. The molecule has 3 nitrogen and oxygen atoms in total. The van der Waals surface area contributed by atoms with Crippen molar-refractivity contribution in [1.29, 1.82) is 0 Å². The quantitative estimate of drug-likeness (QED) is 0.667. The predicted molar refractivity (Wildman–Crippen MR) is 89.9 cm³/mol. The Bertz CT molecular complexity index is 654. The lowest BCUT2D eigenvalue weighted by atomic mass is 10.1. The fraction of sp³-hybridized carbons (Fsp3) is 0.353. The van der Waals surface area contributed by atoms with Gasteiger partial charge in [0.1, 0.15) is 5.82 Å². The molecule has 0 spiro atoms. The van der Waals surface area contributed by atoms with Gasteiger partial charge in [0.2, 0.25) is 0 Å². The minimum Gasteiger partial charge on any atom is -0.353 e. The molecule has 22 heavy (non-hydrogen) atoms. The van der Waals surface area contributed by atoms with Gasteiger partial charge in [-0.2, -0.15) is 0 Å². The average Bonchev–Trinajstić information content (AvgIpc) is 3.05. The van der Waals surface area contributed by atoms with Gasteiger partial charge in [0.15, 0.2) is 5.96 Å². The van der Waals surface area contributed by atoms with Crippen LogP contribution in [-0.2, 0) is 0 Å². The third kappa shape index (κ3) is 3.30. The maximum atomic E-state index is 13.8. The molecule has 3 rings (SSSR count). The van der Waals surface area contributed by atoms with Gasteiger partial charge in [0.25, 0.3) is 0 Å². The van der Waals surface area contributed by atoms with E-state index in [1.807, 2.05) is 18.2 Å². The van der Waals surface area contributed by atoms with Gasteiger partial charge in [-0.05, 0) is 36.4 Å². The van der Waals surface area contributed by atoms with Crippen molar-refractivity contribution >= 4 is 17.3 Å². The van der Waals surface area contributed by atoms with E-state index in [0.29, 0.717) is 0 Å². The molecular weight excluding hydrogens is 297 g/mol. The number of rotatable bonds is 4. The predicted octanol–water partition coefficient (Wildman–Crippen LogP) is 3.67. The number of aliphatic imine (C=N–C) groups is 1. The number of halogens is 1. The summed E-state index contributed by atoms with van der Waals surface area (Å²) >= 11 is 1.72. The zero-order chi connectivity index (χ0) is 15.5. The summed E-state index contributed by atoms with van der Waals surface area (Å²) < 4.78 is 13.8. The van der Waals surface area contributed by atoms with Crippen LogP contribution in [-0.4, -0.2) is 19.0 Å². The number of hydrogen-bond donors (Lipinski definition) is 2. The van der Waals surface area contributed by atoms with E-state index in [9.17, 15) is 4.39 Å². The van der Waals surface area contributed by atoms with E-state index in [1.54, 1.807) is 24.5 Å². The van der Waals surface area contributed by atoms with E-state index in [2.05, 4.69) is 34.0 Å². The number of guanidine groups is 1. The lowest BCUT2D eigenvalue weighted by Crippen LogP contribution is -2.40. The van der Waals surface area contributed by atoms with Crippen LogP contribution in [0, 0.1) is 5.82 Å². The van der Waals surface area contributed by atoms with Crippen molar-refractivity contribution in [3.05, 3.63) is 58.0 Å². The molecule has 1 heterocycles. The molecule has 0 aliphatic heterocycles. The Morgan fingerprint density at radius 2 is 2.14 bits per heavy atom. The van der Waals surface area contributed by atoms with Gasteiger partial charge in [-0.25, -0.2) is 4.39 Å². The summed E-state index contributed by atoms with van der Waals surface area (Å²) in [6, 6.07) is 11.6. The molecular formula is C17H20FN3S. The van der Waals surface area contributed by atoms with E-state index < -0.39 is 0 Å². The monoisotopic (exact) mass is 317 g/mol. The van der Waals surface area contributed by atoms with Crippen molar-refractivity contribution in [2.75, 3.05) is 7.05 Å². The zero-order valence-electron chi connectivity index (χ0n) is 12.7. The molecule has 116 valence electrons. The van der Waals surface area contributed by atoms with Gasteiger partial charge in [-0.3, -0.25) is 4.99 Å². The largest absolute Gasteiger partial charge is 0.353 e. The van der Waals surface area contributed by atoms with Crippen LogP contribution in [0.4, 0.5) is 4.39 Å². The Morgan fingerprint density at radius 1 is 1.32 bits per heavy atom. The lowest BCUT2D eigenvalue weighted by Gasteiger charge is -2.17. The second-order valence-corrected chi connectivity index (χ2v) is 6.55. The Balaban J connectivity index is 1.58. The molecule has 5 heteroatoms. The lowest BCUT2D eigenvalue weighted by molar-refractivity contribution is 0.607.